The normalized spacial score (nSPS) is 27.6. The molecule has 3 atom stereocenters. The van der Waals surface area contributed by atoms with E-state index in [-0.39, 0.29) is 12.6 Å². The molecule has 0 aromatic carbocycles. The van der Waals surface area contributed by atoms with E-state index in [0.29, 0.717) is 6.04 Å². The third kappa shape index (κ3) is 1.55. The first-order valence-electron chi connectivity index (χ1n) is 5.16. The molecule has 78 valence electrons. The number of nitrogens with two attached hydrogens (primary N) is 1. The van der Waals surface area contributed by atoms with Gasteiger partial charge in [0.2, 0.25) is 0 Å². The van der Waals surface area contributed by atoms with Crippen LogP contribution in [0.15, 0.2) is 12.5 Å². The fourth-order valence-electron chi connectivity index (χ4n) is 1.98. The van der Waals surface area contributed by atoms with E-state index >= 15 is 0 Å². The minimum Gasteiger partial charge on any atom is -0.394 e. The van der Waals surface area contributed by atoms with Gasteiger partial charge in [-0.15, -0.1) is 0 Å². The molecule has 1 aliphatic rings. The quantitative estimate of drug-likeness (QED) is 0.748. The molecule has 3 N–H and O–H groups in total. The van der Waals surface area contributed by atoms with E-state index in [9.17, 15) is 0 Å². The van der Waals surface area contributed by atoms with E-state index in [2.05, 4.69) is 16.5 Å². The van der Waals surface area contributed by atoms with Crippen molar-refractivity contribution >= 4 is 0 Å². The van der Waals surface area contributed by atoms with Gasteiger partial charge in [0.15, 0.2) is 0 Å². The van der Waals surface area contributed by atoms with Gasteiger partial charge in [0.05, 0.1) is 24.7 Å². The van der Waals surface area contributed by atoms with Crippen LogP contribution < -0.4 is 5.73 Å². The van der Waals surface area contributed by atoms with Crippen molar-refractivity contribution in [1.29, 1.82) is 0 Å². The summed E-state index contributed by atoms with van der Waals surface area (Å²) in [6, 6.07) is 0.269. The molecule has 1 aliphatic carbocycles. The van der Waals surface area contributed by atoms with E-state index in [0.717, 1.165) is 11.6 Å². The second-order valence-electron chi connectivity index (χ2n) is 3.99. The molecule has 4 nitrogen and oxygen atoms in total. The highest BCUT2D eigenvalue weighted by molar-refractivity contribution is 5.09. The lowest BCUT2D eigenvalue weighted by Gasteiger charge is -2.11. The molecular weight excluding hydrogens is 178 g/mol. The molecule has 1 fully saturated rings. The van der Waals surface area contributed by atoms with Gasteiger partial charge in [-0.05, 0) is 12.3 Å². The maximum atomic E-state index is 8.99. The van der Waals surface area contributed by atoms with E-state index in [1.54, 1.807) is 6.20 Å². The summed E-state index contributed by atoms with van der Waals surface area (Å²) in [5.41, 5.74) is 6.73. The molecule has 0 amide bonds. The second kappa shape index (κ2) is 3.71. The standard InChI is InChI=1S/C10H17N3O/c1-2-7-3-9(7)13-6-12-4-10(13)8(11)5-14/h4,6-9,14H,2-3,5,11H2,1H3. The number of hydrogen-bond donors (Lipinski definition) is 2. The predicted molar refractivity (Wildman–Crippen MR) is 53.7 cm³/mol. The summed E-state index contributed by atoms with van der Waals surface area (Å²) in [6.07, 6.45) is 6.01. The number of imidazole rings is 1. The van der Waals surface area contributed by atoms with Crippen molar-refractivity contribution in [3.8, 4) is 0 Å². The van der Waals surface area contributed by atoms with Crippen molar-refractivity contribution in [2.75, 3.05) is 6.61 Å². The molecule has 0 aliphatic heterocycles. The summed E-state index contributed by atoms with van der Waals surface area (Å²) in [5.74, 6) is 0.772. The van der Waals surface area contributed by atoms with Crippen LogP contribution in [0.5, 0.6) is 0 Å². The van der Waals surface area contributed by atoms with Gasteiger partial charge in [-0.2, -0.15) is 0 Å². The van der Waals surface area contributed by atoms with E-state index < -0.39 is 0 Å². The molecule has 3 unspecified atom stereocenters. The van der Waals surface area contributed by atoms with E-state index in [1.165, 1.54) is 12.8 Å². The molecule has 4 heteroatoms. The van der Waals surface area contributed by atoms with Gasteiger partial charge < -0.3 is 15.4 Å². The molecule has 2 rings (SSSR count). The number of hydrogen-bond acceptors (Lipinski definition) is 3. The zero-order valence-electron chi connectivity index (χ0n) is 8.43. The van der Waals surface area contributed by atoms with Gasteiger partial charge in [0, 0.05) is 12.2 Å². The summed E-state index contributed by atoms with van der Waals surface area (Å²) < 4.78 is 2.12. The first-order valence-corrected chi connectivity index (χ1v) is 5.16. The highest BCUT2D eigenvalue weighted by Gasteiger charge is 2.38. The van der Waals surface area contributed by atoms with Gasteiger partial charge >= 0.3 is 0 Å². The Labute approximate surface area is 83.8 Å². The summed E-state index contributed by atoms with van der Waals surface area (Å²) in [4.78, 5) is 4.09. The van der Waals surface area contributed by atoms with Crippen LogP contribution >= 0.6 is 0 Å². The number of aliphatic hydroxyl groups excluding tert-OH is 1. The fraction of sp³-hybridized carbons (Fsp3) is 0.700. The van der Waals surface area contributed by atoms with Crippen LogP contribution in [0.2, 0.25) is 0 Å². The molecule has 1 heterocycles. The summed E-state index contributed by atoms with van der Waals surface area (Å²) in [6.45, 7) is 2.18. The van der Waals surface area contributed by atoms with Crippen molar-refractivity contribution < 1.29 is 5.11 Å². The van der Waals surface area contributed by atoms with E-state index in [4.69, 9.17) is 10.8 Å². The van der Waals surface area contributed by atoms with Crippen molar-refractivity contribution in [2.45, 2.75) is 31.8 Å². The Morgan fingerprint density at radius 2 is 2.57 bits per heavy atom. The lowest BCUT2D eigenvalue weighted by Crippen LogP contribution is -2.18. The summed E-state index contributed by atoms with van der Waals surface area (Å²) in [7, 11) is 0. The highest BCUT2D eigenvalue weighted by Crippen LogP contribution is 2.46. The lowest BCUT2D eigenvalue weighted by molar-refractivity contribution is 0.263. The average molecular weight is 195 g/mol. The second-order valence-corrected chi connectivity index (χ2v) is 3.99. The average Bonchev–Trinajstić information content (AvgIpc) is 2.85. The van der Waals surface area contributed by atoms with Gasteiger partial charge in [0.1, 0.15) is 0 Å². The Hall–Kier alpha value is -0.870. The molecule has 0 spiro atoms. The lowest BCUT2D eigenvalue weighted by atomic mass is 10.2. The largest absolute Gasteiger partial charge is 0.394 e. The third-order valence-electron chi connectivity index (χ3n) is 3.04. The number of nitrogens with zero attached hydrogens (tertiary/aromatic N) is 2. The van der Waals surface area contributed by atoms with Gasteiger partial charge in [-0.25, -0.2) is 4.98 Å². The molecule has 14 heavy (non-hydrogen) atoms. The first-order chi connectivity index (χ1) is 6.77. The molecule has 1 aromatic heterocycles. The Bertz CT molecular complexity index is 310. The molecule has 0 bridgehead atoms. The van der Waals surface area contributed by atoms with Crippen LogP contribution in [-0.2, 0) is 0 Å². The van der Waals surface area contributed by atoms with Crippen LogP contribution in [0.4, 0.5) is 0 Å². The Balaban J connectivity index is 2.14. The summed E-state index contributed by atoms with van der Waals surface area (Å²) >= 11 is 0. The predicted octanol–water partition coefficient (Wildman–Crippen LogP) is 0.846. The molecule has 0 saturated heterocycles. The van der Waals surface area contributed by atoms with Crippen LogP contribution in [0.25, 0.3) is 0 Å². The van der Waals surface area contributed by atoms with E-state index in [1.807, 2.05) is 6.33 Å². The smallest absolute Gasteiger partial charge is 0.0951 e. The molecular formula is C10H17N3O. The van der Waals surface area contributed by atoms with Gasteiger partial charge in [0.25, 0.3) is 0 Å². The van der Waals surface area contributed by atoms with Crippen molar-refractivity contribution in [2.24, 2.45) is 11.7 Å². The van der Waals surface area contributed by atoms with Crippen molar-refractivity contribution in [1.82, 2.24) is 9.55 Å². The Morgan fingerprint density at radius 3 is 3.14 bits per heavy atom. The minimum atomic E-state index is -0.296. The van der Waals surface area contributed by atoms with Crippen LogP contribution in [0.1, 0.15) is 37.5 Å². The van der Waals surface area contributed by atoms with Crippen molar-refractivity contribution in [3.05, 3.63) is 18.2 Å². The number of aromatic nitrogens is 2. The van der Waals surface area contributed by atoms with Crippen LogP contribution in [-0.4, -0.2) is 21.3 Å². The zero-order valence-corrected chi connectivity index (χ0v) is 8.43. The minimum absolute atomic E-state index is 0.0186. The van der Waals surface area contributed by atoms with Crippen LogP contribution in [0.3, 0.4) is 0 Å². The molecule has 0 radical (unpaired) electrons. The monoisotopic (exact) mass is 195 g/mol. The maximum absolute atomic E-state index is 8.99. The number of rotatable bonds is 4. The number of aliphatic hydroxyl groups is 1. The Morgan fingerprint density at radius 1 is 1.79 bits per heavy atom. The Kier molecular flexibility index (Phi) is 2.56. The molecule has 1 aromatic rings. The summed E-state index contributed by atoms with van der Waals surface area (Å²) in [5, 5.41) is 8.99. The molecule has 1 saturated carbocycles. The topological polar surface area (TPSA) is 64.1 Å². The highest BCUT2D eigenvalue weighted by atomic mass is 16.3. The van der Waals surface area contributed by atoms with Gasteiger partial charge in [-0.1, -0.05) is 13.3 Å². The third-order valence-corrected chi connectivity index (χ3v) is 3.04. The maximum Gasteiger partial charge on any atom is 0.0951 e. The van der Waals surface area contributed by atoms with Crippen molar-refractivity contribution in [3.63, 3.8) is 0 Å². The first kappa shape index (κ1) is 9.68. The van der Waals surface area contributed by atoms with Gasteiger partial charge in [-0.3, -0.25) is 0 Å². The zero-order chi connectivity index (χ0) is 10.1. The van der Waals surface area contributed by atoms with Crippen LogP contribution in [0, 0.1) is 5.92 Å². The fourth-order valence-corrected chi connectivity index (χ4v) is 1.98. The SMILES string of the molecule is CCC1CC1n1cncc1C(N)CO.